The fourth-order valence-corrected chi connectivity index (χ4v) is 1.00. The second-order valence-corrected chi connectivity index (χ2v) is 3.57. The van der Waals surface area contributed by atoms with Gasteiger partial charge in [0.2, 0.25) is 0 Å². The maximum Gasteiger partial charge on any atom is 0.320 e. The van der Waals surface area contributed by atoms with E-state index in [0.717, 1.165) is 0 Å². The minimum atomic E-state index is -1.04. The van der Waals surface area contributed by atoms with Crippen LogP contribution in [0, 0.1) is 0 Å². The molecule has 0 fully saturated rings. The first-order valence-electron chi connectivity index (χ1n) is 2.82. The van der Waals surface area contributed by atoms with Gasteiger partial charge in [-0.1, -0.05) is 0 Å². The Bertz CT molecular complexity index is 148. The molecule has 0 amide bonds. The lowest BCUT2D eigenvalue weighted by Gasteiger charge is -2.02. The zero-order chi connectivity index (χ0) is 8.15. The Morgan fingerprint density at radius 2 is 2.30 bits per heavy atom. The number of rotatable bonds is 4. The lowest BCUT2D eigenvalue weighted by molar-refractivity contribution is -0.138. The Morgan fingerprint density at radius 1 is 1.80 bits per heavy atom. The molecule has 0 unspecified atom stereocenters. The maximum absolute atomic E-state index is 10.4. The molecule has 0 aromatic carbocycles. The molecular formula is C5H11NO3S. The molecule has 2 atom stereocenters. The molecule has 0 aromatic rings. The Labute approximate surface area is 61.9 Å². The van der Waals surface area contributed by atoms with Gasteiger partial charge in [0.05, 0.1) is 0 Å². The lowest BCUT2D eigenvalue weighted by atomic mass is 10.2. The van der Waals surface area contributed by atoms with Crippen molar-refractivity contribution in [1.82, 2.24) is 0 Å². The van der Waals surface area contributed by atoms with Crippen molar-refractivity contribution in [3.63, 3.8) is 0 Å². The van der Waals surface area contributed by atoms with Gasteiger partial charge >= 0.3 is 5.97 Å². The molecule has 10 heavy (non-hydrogen) atoms. The van der Waals surface area contributed by atoms with E-state index in [2.05, 4.69) is 0 Å². The van der Waals surface area contributed by atoms with Crippen molar-refractivity contribution in [2.24, 2.45) is 5.73 Å². The number of hydrogen-bond acceptors (Lipinski definition) is 3. The highest BCUT2D eigenvalue weighted by Crippen LogP contribution is 1.89. The van der Waals surface area contributed by atoms with E-state index in [9.17, 15) is 9.00 Å². The van der Waals surface area contributed by atoms with Crippen molar-refractivity contribution in [2.75, 3.05) is 12.0 Å². The topological polar surface area (TPSA) is 80.4 Å². The molecule has 0 rings (SSSR count). The molecule has 4 nitrogen and oxygen atoms in total. The van der Waals surface area contributed by atoms with Gasteiger partial charge in [-0.15, -0.1) is 0 Å². The summed E-state index contributed by atoms with van der Waals surface area (Å²) in [4.78, 5) is 10.1. The van der Waals surface area contributed by atoms with E-state index in [1.165, 1.54) is 6.26 Å². The quantitative estimate of drug-likeness (QED) is 0.569. The van der Waals surface area contributed by atoms with Gasteiger partial charge in [-0.2, -0.15) is 0 Å². The highest BCUT2D eigenvalue weighted by molar-refractivity contribution is 7.84. The summed E-state index contributed by atoms with van der Waals surface area (Å²) in [7, 11) is -0.946. The third-order valence-electron chi connectivity index (χ3n) is 1.03. The monoisotopic (exact) mass is 165 g/mol. The maximum atomic E-state index is 10.4. The predicted octanol–water partition coefficient (Wildman–Crippen LogP) is -0.833. The number of carboxylic acid groups (broad SMARTS) is 1. The minimum Gasteiger partial charge on any atom is -0.480 e. The number of carbonyl (C=O) groups is 1. The molecular weight excluding hydrogens is 154 g/mol. The standard InChI is InChI=1S/C5H11NO3S/c1-10(9)3-2-4(6)5(7)8/h4H,2-3,6H2,1H3,(H,7,8)/t4-,10+/m0/s1. The van der Waals surface area contributed by atoms with Crippen LogP contribution in [0.1, 0.15) is 6.42 Å². The Morgan fingerprint density at radius 3 is 2.60 bits per heavy atom. The molecule has 0 aromatic heterocycles. The first kappa shape index (κ1) is 9.58. The molecule has 0 spiro atoms. The van der Waals surface area contributed by atoms with Gasteiger partial charge in [0.1, 0.15) is 6.04 Å². The summed E-state index contributed by atoms with van der Waals surface area (Å²) in [5.41, 5.74) is 5.13. The zero-order valence-corrected chi connectivity index (χ0v) is 6.56. The molecule has 0 saturated heterocycles. The van der Waals surface area contributed by atoms with Crippen LogP contribution in [0.15, 0.2) is 0 Å². The van der Waals surface area contributed by atoms with Crippen LogP contribution >= 0.6 is 0 Å². The number of aliphatic carboxylic acids is 1. The molecule has 0 heterocycles. The van der Waals surface area contributed by atoms with Crippen molar-refractivity contribution >= 4 is 16.8 Å². The SMILES string of the molecule is C[S@@](=O)CC[C@H](N)C(=O)O. The van der Waals surface area contributed by atoms with Crippen molar-refractivity contribution in [3.05, 3.63) is 0 Å². The first-order valence-corrected chi connectivity index (χ1v) is 4.55. The Kier molecular flexibility index (Phi) is 4.22. The van der Waals surface area contributed by atoms with Crippen LogP contribution in [0.25, 0.3) is 0 Å². The van der Waals surface area contributed by atoms with Crippen molar-refractivity contribution in [2.45, 2.75) is 12.5 Å². The lowest BCUT2D eigenvalue weighted by Crippen LogP contribution is -2.31. The van der Waals surface area contributed by atoms with Crippen LogP contribution < -0.4 is 5.73 Å². The molecule has 0 radical (unpaired) electrons. The van der Waals surface area contributed by atoms with Crippen molar-refractivity contribution < 1.29 is 14.1 Å². The third-order valence-corrected chi connectivity index (χ3v) is 1.84. The van der Waals surface area contributed by atoms with Crippen LogP contribution in [-0.2, 0) is 15.6 Å². The van der Waals surface area contributed by atoms with Gasteiger partial charge < -0.3 is 10.8 Å². The Balaban J connectivity index is 3.49. The summed E-state index contributed by atoms with van der Waals surface area (Å²) in [6.45, 7) is 0. The number of carboxylic acids is 1. The Hall–Kier alpha value is -0.420. The molecule has 0 saturated carbocycles. The molecule has 0 aliphatic carbocycles. The van der Waals surface area contributed by atoms with Crippen molar-refractivity contribution in [1.29, 1.82) is 0 Å². The fourth-order valence-electron chi connectivity index (χ4n) is 0.416. The molecule has 0 bridgehead atoms. The van der Waals surface area contributed by atoms with E-state index in [0.29, 0.717) is 5.75 Å². The van der Waals surface area contributed by atoms with Gasteiger partial charge in [-0.3, -0.25) is 9.00 Å². The van der Waals surface area contributed by atoms with Crippen LogP contribution in [0.3, 0.4) is 0 Å². The summed E-state index contributed by atoms with van der Waals surface area (Å²) in [5.74, 6) is -0.682. The molecule has 3 N–H and O–H groups in total. The van der Waals surface area contributed by atoms with E-state index >= 15 is 0 Å². The van der Waals surface area contributed by atoms with Gasteiger partial charge in [0, 0.05) is 22.8 Å². The largest absolute Gasteiger partial charge is 0.480 e. The van der Waals surface area contributed by atoms with E-state index in [1.54, 1.807) is 0 Å². The third kappa shape index (κ3) is 4.46. The first-order chi connectivity index (χ1) is 4.54. The second-order valence-electron chi connectivity index (χ2n) is 2.01. The minimum absolute atomic E-state index is 0.276. The van der Waals surface area contributed by atoms with E-state index in [4.69, 9.17) is 10.8 Å². The summed E-state index contributed by atoms with van der Waals surface area (Å²) in [6.07, 6.45) is 1.80. The smallest absolute Gasteiger partial charge is 0.320 e. The van der Waals surface area contributed by atoms with E-state index in [-0.39, 0.29) is 6.42 Å². The van der Waals surface area contributed by atoms with E-state index in [1.807, 2.05) is 0 Å². The normalized spacial score (nSPS) is 16.2. The van der Waals surface area contributed by atoms with Gasteiger partial charge in [-0.25, -0.2) is 0 Å². The average Bonchev–Trinajstić information content (AvgIpc) is 1.82. The number of nitrogens with two attached hydrogens (primary N) is 1. The van der Waals surface area contributed by atoms with Crippen LogP contribution in [0.2, 0.25) is 0 Å². The molecule has 0 aliphatic heterocycles. The average molecular weight is 165 g/mol. The van der Waals surface area contributed by atoms with E-state index < -0.39 is 22.8 Å². The van der Waals surface area contributed by atoms with Crippen LogP contribution in [0.4, 0.5) is 0 Å². The fraction of sp³-hybridized carbons (Fsp3) is 0.800. The van der Waals surface area contributed by atoms with Gasteiger partial charge in [0.15, 0.2) is 0 Å². The molecule has 0 aliphatic rings. The van der Waals surface area contributed by atoms with Crippen LogP contribution in [-0.4, -0.2) is 33.3 Å². The van der Waals surface area contributed by atoms with Gasteiger partial charge in [-0.05, 0) is 6.42 Å². The second kappa shape index (κ2) is 4.40. The molecule has 5 heteroatoms. The van der Waals surface area contributed by atoms with Crippen LogP contribution in [0.5, 0.6) is 0 Å². The highest BCUT2D eigenvalue weighted by Gasteiger charge is 2.10. The summed E-state index contributed by atoms with van der Waals surface area (Å²) in [6, 6.07) is -0.871. The van der Waals surface area contributed by atoms with Crippen molar-refractivity contribution in [3.8, 4) is 0 Å². The summed E-state index contributed by atoms with van der Waals surface area (Å²) < 4.78 is 10.4. The number of hydrogen-bond donors (Lipinski definition) is 2. The molecule has 60 valence electrons. The summed E-state index contributed by atoms with van der Waals surface area (Å²) >= 11 is 0. The van der Waals surface area contributed by atoms with Gasteiger partial charge in [0.25, 0.3) is 0 Å². The highest BCUT2D eigenvalue weighted by atomic mass is 32.2. The predicted molar refractivity (Wildman–Crippen MR) is 39.2 cm³/mol. The summed E-state index contributed by atoms with van der Waals surface area (Å²) in [5, 5.41) is 8.27. The zero-order valence-electron chi connectivity index (χ0n) is 5.74.